The van der Waals surface area contributed by atoms with Crippen LogP contribution in [0.2, 0.25) is 0 Å². The van der Waals surface area contributed by atoms with Gasteiger partial charge in [-0.2, -0.15) is 4.98 Å². The fourth-order valence-corrected chi connectivity index (χ4v) is 5.04. The molecule has 9 nitrogen and oxygen atoms in total. The number of rotatable bonds is 7. The standard InChI is InChI=1S/C25H26N6O3S/c1-17-15-24(31-13-3-4-14-31)29-25(26-17)28-20-7-9-21(10-8-20)30-35(32,33)22-11-5-19(6-12-22)23-16-34-18(2)27-23/h5-12,15-16,30H,3-4,13-14H2,1-2H3,(H,26,28,29). The molecule has 3 heterocycles. The van der Waals surface area contributed by atoms with Crippen molar-refractivity contribution in [2.24, 2.45) is 0 Å². The van der Waals surface area contributed by atoms with Gasteiger partial charge in [-0.05, 0) is 56.2 Å². The van der Waals surface area contributed by atoms with Gasteiger partial charge in [0.1, 0.15) is 17.8 Å². The molecule has 1 saturated heterocycles. The molecule has 1 aliphatic rings. The van der Waals surface area contributed by atoms with Gasteiger partial charge in [0, 0.05) is 48.7 Å². The third-order valence-corrected chi connectivity index (χ3v) is 7.14. The molecule has 10 heteroatoms. The minimum atomic E-state index is -3.74. The minimum absolute atomic E-state index is 0.159. The van der Waals surface area contributed by atoms with Crippen LogP contribution in [0.25, 0.3) is 11.3 Å². The van der Waals surface area contributed by atoms with Crippen molar-refractivity contribution >= 4 is 33.2 Å². The monoisotopic (exact) mass is 490 g/mol. The summed E-state index contributed by atoms with van der Waals surface area (Å²) in [5, 5.41) is 3.21. The summed E-state index contributed by atoms with van der Waals surface area (Å²) < 4.78 is 33.5. The zero-order chi connectivity index (χ0) is 24.4. The zero-order valence-corrected chi connectivity index (χ0v) is 20.3. The summed E-state index contributed by atoms with van der Waals surface area (Å²) in [6.07, 6.45) is 3.89. The molecule has 0 saturated carbocycles. The molecule has 1 aliphatic heterocycles. The van der Waals surface area contributed by atoms with Crippen LogP contribution in [0.15, 0.2) is 70.2 Å². The van der Waals surface area contributed by atoms with Crippen molar-refractivity contribution in [2.75, 3.05) is 28.0 Å². The van der Waals surface area contributed by atoms with E-state index >= 15 is 0 Å². The number of nitrogens with one attached hydrogen (secondary N) is 2. The van der Waals surface area contributed by atoms with Crippen LogP contribution in [-0.4, -0.2) is 36.5 Å². The molecule has 0 atom stereocenters. The predicted molar refractivity (Wildman–Crippen MR) is 135 cm³/mol. The molecule has 180 valence electrons. The Hall–Kier alpha value is -3.92. The third-order valence-electron chi connectivity index (χ3n) is 5.74. The topological polar surface area (TPSA) is 113 Å². The third kappa shape index (κ3) is 5.27. The summed E-state index contributed by atoms with van der Waals surface area (Å²) in [6, 6.07) is 15.5. The number of nitrogens with zero attached hydrogens (tertiary/aromatic N) is 4. The van der Waals surface area contributed by atoms with Crippen molar-refractivity contribution in [1.29, 1.82) is 0 Å². The fourth-order valence-electron chi connectivity index (χ4n) is 3.98. The van der Waals surface area contributed by atoms with E-state index in [9.17, 15) is 8.42 Å². The minimum Gasteiger partial charge on any atom is -0.449 e. The highest BCUT2D eigenvalue weighted by Gasteiger charge is 2.16. The van der Waals surface area contributed by atoms with Gasteiger partial charge in [0.05, 0.1) is 4.90 Å². The highest BCUT2D eigenvalue weighted by atomic mass is 32.2. The van der Waals surface area contributed by atoms with E-state index in [2.05, 4.69) is 29.9 Å². The van der Waals surface area contributed by atoms with Crippen molar-refractivity contribution in [2.45, 2.75) is 31.6 Å². The second kappa shape index (κ2) is 9.38. The van der Waals surface area contributed by atoms with E-state index in [1.807, 2.05) is 13.0 Å². The molecule has 5 rings (SSSR count). The summed E-state index contributed by atoms with van der Waals surface area (Å²) in [7, 11) is -3.74. The first-order valence-electron chi connectivity index (χ1n) is 11.4. The first kappa shape index (κ1) is 22.9. The molecule has 0 unspecified atom stereocenters. The Balaban J connectivity index is 1.27. The molecular weight excluding hydrogens is 464 g/mol. The van der Waals surface area contributed by atoms with Crippen LogP contribution in [0.3, 0.4) is 0 Å². The van der Waals surface area contributed by atoms with Crippen LogP contribution in [0.4, 0.5) is 23.1 Å². The Labute approximate surface area is 204 Å². The molecule has 0 radical (unpaired) electrons. The molecule has 1 fully saturated rings. The van der Waals surface area contributed by atoms with Gasteiger partial charge in [0.25, 0.3) is 10.0 Å². The van der Waals surface area contributed by atoms with Crippen LogP contribution in [0, 0.1) is 13.8 Å². The Morgan fingerprint density at radius 1 is 0.886 bits per heavy atom. The summed E-state index contributed by atoms with van der Waals surface area (Å²) in [5.41, 5.74) is 3.54. The van der Waals surface area contributed by atoms with Gasteiger partial charge in [0.15, 0.2) is 5.89 Å². The molecular formula is C25H26N6O3S. The first-order valence-corrected chi connectivity index (χ1v) is 12.9. The fraction of sp³-hybridized carbons (Fsp3) is 0.240. The van der Waals surface area contributed by atoms with Crippen LogP contribution in [0.1, 0.15) is 24.4 Å². The average molecular weight is 491 g/mol. The SMILES string of the molecule is Cc1cc(N2CCCC2)nc(Nc2ccc(NS(=O)(=O)c3ccc(-c4coc(C)n4)cc3)cc2)n1. The lowest BCUT2D eigenvalue weighted by Gasteiger charge is -2.17. The van der Waals surface area contributed by atoms with Crippen LogP contribution in [0.5, 0.6) is 0 Å². The van der Waals surface area contributed by atoms with Crippen molar-refractivity contribution in [3.8, 4) is 11.3 Å². The largest absolute Gasteiger partial charge is 0.449 e. The maximum Gasteiger partial charge on any atom is 0.261 e. The second-order valence-corrected chi connectivity index (χ2v) is 10.2. The number of aryl methyl sites for hydroxylation is 2. The van der Waals surface area contributed by atoms with Gasteiger partial charge < -0.3 is 14.6 Å². The number of hydrogen-bond acceptors (Lipinski definition) is 8. The van der Waals surface area contributed by atoms with E-state index in [-0.39, 0.29) is 4.90 Å². The van der Waals surface area contributed by atoms with Gasteiger partial charge in [-0.25, -0.2) is 18.4 Å². The maximum atomic E-state index is 12.8. The molecule has 0 bridgehead atoms. The van der Waals surface area contributed by atoms with E-state index in [0.717, 1.165) is 35.9 Å². The second-order valence-electron chi connectivity index (χ2n) is 8.47. The number of benzene rings is 2. The maximum absolute atomic E-state index is 12.8. The summed E-state index contributed by atoms with van der Waals surface area (Å²) in [5.74, 6) is 1.99. The molecule has 0 spiro atoms. The van der Waals surface area contributed by atoms with Gasteiger partial charge in [-0.1, -0.05) is 12.1 Å². The molecule has 2 aromatic carbocycles. The van der Waals surface area contributed by atoms with E-state index in [1.54, 1.807) is 61.7 Å². The van der Waals surface area contributed by atoms with Crippen LogP contribution in [-0.2, 0) is 10.0 Å². The molecule has 2 aromatic heterocycles. The van der Waals surface area contributed by atoms with E-state index in [4.69, 9.17) is 4.42 Å². The predicted octanol–water partition coefficient (Wildman–Crippen LogP) is 4.89. The lowest BCUT2D eigenvalue weighted by atomic mass is 10.2. The summed E-state index contributed by atoms with van der Waals surface area (Å²) >= 11 is 0. The number of aromatic nitrogens is 3. The Kier molecular flexibility index (Phi) is 6.12. The molecule has 0 aliphatic carbocycles. The highest BCUT2D eigenvalue weighted by molar-refractivity contribution is 7.92. The van der Waals surface area contributed by atoms with Crippen LogP contribution < -0.4 is 14.9 Å². The number of oxazole rings is 1. The lowest BCUT2D eigenvalue weighted by Crippen LogP contribution is -2.19. The average Bonchev–Trinajstić information content (AvgIpc) is 3.52. The normalized spacial score (nSPS) is 13.7. The zero-order valence-electron chi connectivity index (χ0n) is 19.5. The number of sulfonamides is 1. The van der Waals surface area contributed by atoms with Gasteiger partial charge in [0.2, 0.25) is 5.95 Å². The van der Waals surface area contributed by atoms with Gasteiger partial charge in [-0.15, -0.1) is 0 Å². The Bertz CT molecular complexity index is 1430. The smallest absolute Gasteiger partial charge is 0.261 e. The highest BCUT2D eigenvalue weighted by Crippen LogP contribution is 2.25. The summed E-state index contributed by atoms with van der Waals surface area (Å²) in [4.78, 5) is 15.8. The van der Waals surface area contributed by atoms with Crippen molar-refractivity contribution in [3.63, 3.8) is 0 Å². The van der Waals surface area contributed by atoms with Gasteiger partial charge in [-0.3, -0.25) is 4.72 Å². The van der Waals surface area contributed by atoms with E-state index < -0.39 is 10.0 Å². The van der Waals surface area contributed by atoms with E-state index in [0.29, 0.717) is 23.2 Å². The molecule has 0 amide bonds. The lowest BCUT2D eigenvalue weighted by molar-refractivity contribution is 0.521. The van der Waals surface area contributed by atoms with E-state index in [1.165, 1.54) is 12.8 Å². The number of anilines is 4. The van der Waals surface area contributed by atoms with Crippen molar-refractivity contribution in [3.05, 3.63) is 72.4 Å². The Morgan fingerprint density at radius 3 is 2.23 bits per heavy atom. The Morgan fingerprint density at radius 2 is 1.57 bits per heavy atom. The molecule has 35 heavy (non-hydrogen) atoms. The van der Waals surface area contributed by atoms with Gasteiger partial charge >= 0.3 is 0 Å². The summed E-state index contributed by atoms with van der Waals surface area (Å²) in [6.45, 7) is 5.72. The van der Waals surface area contributed by atoms with Crippen molar-refractivity contribution < 1.29 is 12.8 Å². The first-order chi connectivity index (χ1) is 16.9. The quantitative estimate of drug-likeness (QED) is 0.376. The van der Waals surface area contributed by atoms with Crippen molar-refractivity contribution in [1.82, 2.24) is 15.0 Å². The molecule has 2 N–H and O–H groups in total. The number of hydrogen-bond donors (Lipinski definition) is 2. The molecule has 4 aromatic rings. The van der Waals surface area contributed by atoms with Crippen LogP contribution >= 0.6 is 0 Å².